The van der Waals surface area contributed by atoms with E-state index in [2.05, 4.69) is 51.8 Å². The lowest BCUT2D eigenvalue weighted by molar-refractivity contribution is 0.428. The number of benzene rings is 1. The van der Waals surface area contributed by atoms with Crippen LogP contribution in [-0.2, 0) is 6.42 Å². The number of aryl methyl sites for hydroxylation is 1. The third-order valence-corrected chi connectivity index (χ3v) is 4.81. The number of aromatic nitrogens is 2. The number of hydrogen-bond acceptors (Lipinski definition) is 4. The molecule has 0 bridgehead atoms. The van der Waals surface area contributed by atoms with E-state index in [0.717, 1.165) is 43.6 Å². The van der Waals surface area contributed by atoms with Crippen molar-refractivity contribution >= 4 is 23.1 Å². The van der Waals surface area contributed by atoms with Gasteiger partial charge in [-0.25, -0.2) is 9.97 Å². The van der Waals surface area contributed by atoms with E-state index in [1.165, 1.54) is 5.69 Å². The average Bonchev–Trinajstić information content (AvgIpc) is 2.59. The molecule has 0 saturated heterocycles. The second-order valence-electron chi connectivity index (χ2n) is 6.04. The van der Waals surface area contributed by atoms with Crippen LogP contribution in [0.5, 0.6) is 0 Å². The maximum absolute atomic E-state index is 6.36. The van der Waals surface area contributed by atoms with E-state index in [-0.39, 0.29) is 0 Å². The summed E-state index contributed by atoms with van der Waals surface area (Å²) in [7, 11) is 0. The Bertz CT molecular complexity index is 624. The van der Waals surface area contributed by atoms with E-state index in [9.17, 15) is 0 Å². The van der Waals surface area contributed by atoms with Gasteiger partial charge in [-0.15, -0.1) is 0 Å². The molecule has 1 aromatic heterocycles. The molecule has 0 unspecified atom stereocenters. The first-order valence-electron chi connectivity index (χ1n) is 8.33. The van der Waals surface area contributed by atoms with Crippen molar-refractivity contribution in [3.63, 3.8) is 0 Å². The summed E-state index contributed by atoms with van der Waals surface area (Å²) in [6.45, 7) is 2.05. The molecule has 0 aliphatic heterocycles. The molecule has 4 nitrogen and oxygen atoms in total. The molecular weight excluding hydrogens is 308 g/mol. The lowest BCUT2D eigenvalue weighted by atomic mass is 9.91. The van der Waals surface area contributed by atoms with Crippen LogP contribution in [0.25, 0.3) is 0 Å². The minimum absolute atomic E-state index is 0.431. The van der Waals surface area contributed by atoms with E-state index in [1.54, 1.807) is 6.33 Å². The zero-order valence-corrected chi connectivity index (χ0v) is 14.2. The Labute approximate surface area is 142 Å². The van der Waals surface area contributed by atoms with E-state index >= 15 is 0 Å². The van der Waals surface area contributed by atoms with Crippen LogP contribution in [0.4, 0.5) is 11.5 Å². The van der Waals surface area contributed by atoms with Gasteiger partial charge in [-0.05, 0) is 44.2 Å². The summed E-state index contributed by atoms with van der Waals surface area (Å²) in [5.74, 6) is 0.776. The van der Waals surface area contributed by atoms with Gasteiger partial charge in [0, 0.05) is 17.8 Å². The fraction of sp³-hybridized carbons (Fsp3) is 0.444. The summed E-state index contributed by atoms with van der Waals surface area (Å²) in [4.78, 5) is 8.51. The Morgan fingerprint density at radius 2 is 1.65 bits per heavy atom. The first-order chi connectivity index (χ1) is 11.3. The van der Waals surface area contributed by atoms with Gasteiger partial charge < -0.3 is 10.6 Å². The average molecular weight is 331 g/mol. The Balaban J connectivity index is 1.53. The molecule has 0 spiro atoms. The molecule has 3 rings (SSSR count). The second-order valence-corrected chi connectivity index (χ2v) is 6.42. The lowest BCUT2D eigenvalue weighted by Crippen LogP contribution is -2.32. The van der Waals surface area contributed by atoms with E-state index in [1.807, 2.05) is 6.07 Å². The fourth-order valence-electron chi connectivity index (χ4n) is 3.10. The standard InChI is InChI=1S/C18H23ClN4/c1-2-16-17(19)18(21-12-20-16)23-15-10-8-14(9-11-15)22-13-6-4-3-5-7-13/h3-7,12,14-15,22H,2,8-11H2,1H3,(H,20,21,23). The molecule has 5 heteroatoms. The van der Waals surface area contributed by atoms with Crippen LogP contribution >= 0.6 is 11.6 Å². The van der Waals surface area contributed by atoms with Crippen molar-refractivity contribution in [3.8, 4) is 0 Å². The van der Waals surface area contributed by atoms with Gasteiger partial charge in [0.15, 0.2) is 0 Å². The highest BCUT2D eigenvalue weighted by Crippen LogP contribution is 2.28. The summed E-state index contributed by atoms with van der Waals surface area (Å²) in [6, 6.07) is 11.4. The maximum Gasteiger partial charge on any atom is 0.148 e. The highest BCUT2D eigenvalue weighted by Gasteiger charge is 2.22. The van der Waals surface area contributed by atoms with Gasteiger partial charge in [0.05, 0.1) is 5.69 Å². The Morgan fingerprint density at radius 3 is 2.30 bits per heavy atom. The predicted octanol–water partition coefficient (Wildman–Crippen LogP) is 4.53. The van der Waals surface area contributed by atoms with Crippen molar-refractivity contribution in [2.75, 3.05) is 10.6 Å². The molecular formula is C18H23ClN4. The highest BCUT2D eigenvalue weighted by molar-refractivity contribution is 6.33. The maximum atomic E-state index is 6.36. The predicted molar refractivity (Wildman–Crippen MR) is 96.2 cm³/mol. The summed E-state index contributed by atoms with van der Waals surface area (Å²) in [5, 5.41) is 7.78. The third-order valence-electron chi connectivity index (χ3n) is 4.41. The van der Waals surface area contributed by atoms with E-state index in [0.29, 0.717) is 17.1 Å². The van der Waals surface area contributed by atoms with Crippen LogP contribution in [0.3, 0.4) is 0 Å². The van der Waals surface area contributed by atoms with Crippen LogP contribution in [0.15, 0.2) is 36.7 Å². The summed E-state index contributed by atoms with van der Waals surface area (Å²) >= 11 is 6.36. The van der Waals surface area contributed by atoms with Crippen LogP contribution in [-0.4, -0.2) is 22.1 Å². The zero-order valence-electron chi connectivity index (χ0n) is 13.4. The fourth-order valence-corrected chi connectivity index (χ4v) is 3.38. The number of para-hydroxylation sites is 1. The van der Waals surface area contributed by atoms with Crippen molar-refractivity contribution < 1.29 is 0 Å². The van der Waals surface area contributed by atoms with E-state index < -0.39 is 0 Å². The van der Waals surface area contributed by atoms with Crippen LogP contribution in [0.1, 0.15) is 38.3 Å². The SMILES string of the molecule is CCc1ncnc(NC2CCC(Nc3ccccc3)CC2)c1Cl. The molecule has 0 amide bonds. The van der Waals surface area contributed by atoms with Crippen molar-refractivity contribution in [2.45, 2.75) is 51.1 Å². The molecule has 2 aromatic rings. The van der Waals surface area contributed by atoms with Gasteiger partial charge in [-0.3, -0.25) is 0 Å². The number of halogens is 1. The smallest absolute Gasteiger partial charge is 0.148 e. The summed E-state index contributed by atoms with van der Waals surface area (Å²) in [6.07, 6.45) is 6.95. The minimum Gasteiger partial charge on any atom is -0.382 e. The summed E-state index contributed by atoms with van der Waals surface area (Å²) < 4.78 is 0. The second kappa shape index (κ2) is 7.64. The van der Waals surface area contributed by atoms with Crippen LogP contribution in [0.2, 0.25) is 5.02 Å². The molecule has 1 saturated carbocycles. The first kappa shape index (κ1) is 16.1. The molecule has 23 heavy (non-hydrogen) atoms. The molecule has 0 radical (unpaired) electrons. The molecule has 1 aliphatic rings. The topological polar surface area (TPSA) is 49.8 Å². The van der Waals surface area contributed by atoms with Gasteiger partial charge in [-0.1, -0.05) is 36.7 Å². The van der Waals surface area contributed by atoms with Crippen molar-refractivity contribution in [1.82, 2.24) is 9.97 Å². The normalized spacial score (nSPS) is 21.0. The number of anilines is 2. The van der Waals surface area contributed by atoms with Gasteiger partial charge in [-0.2, -0.15) is 0 Å². The lowest BCUT2D eigenvalue weighted by Gasteiger charge is -2.30. The highest BCUT2D eigenvalue weighted by atomic mass is 35.5. The van der Waals surface area contributed by atoms with E-state index in [4.69, 9.17) is 11.6 Å². The first-order valence-corrected chi connectivity index (χ1v) is 8.71. The summed E-state index contributed by atoms with van der Waals surface area (Å²) in [5.41, 5.74) is 2.11. The largest absolute Gasteiger partial charge is 0.382 e. The molecule has 2 N–H and O–H groups in total. The van der Waals surface area contributed by atoms with Gasteiger partial charge in [0.2, 0.25) is 0 Å². The molecule has 1 aromatic carbocycles. The van der Waals surface area contributed by atoms with Crippen molar-refractivity contribution in [1.29, 1.82) is 0 Å². The number of hydrogen-bond donors (Lipinski definition) is 2. The monoisotopic (exact) mass is 330 g/mol. The number of nitrogens with one attached hydrogen (secondary N) is 2. The number of nitrogens with zero attached hydrogens (tertiary/aromatic N) is 2. The Hall–Kier alpha value is -1.81. The number of rotatable bonds is 5. The molecule has 122 valence electrons. The third kappa shape index (κ3) is 4.14. The Kier molecular flexibility index (Phi) is 5.34. The molecule has 1 fully saturated rings. The quantitative estimate of drug-likeness (QED) is 0.845. The zero-order chi connectivity index (χ0) is 16.1. The van der Waals surface area contributed by atoms with Gasteiger partial charge in [0.25, 0.3) is 0 Å². The molecule has 1 aliphatic carbocycles. The molecule has 1 heterocycles. The Morgan fingerprint density at radius 1 is 1.00 bits per heavy atom. The van der Waals surface area contributed by atoms with Crippen LogP contribution in [0, 0.1) is 0 Å². The van der Waals surface area contributed by atoms with Crippen LogP contribution < -0.4 is 10.6 Å². The van der Waals surface area contributed by atoms with Crippen molar-refractivity contribution in [2.24, 2.45) is 0 Å². The minimum atomic E-state index is 0.431. The van der Waals surface area contributed by atoms with Crippen molar-refractivity contribution in [3.05, 3.63) is 47.4 Å². The molecule has 0 atom stereocenters. The van der Waals surface area contributed by atoms with Gasteiger partial charge in [0.1, 0.15) is 17.2 Å². The van der Waals surface area contributed by atoms with Gasteiger partial charge >= 0.3 is 0 Å².